The van der Waals surface area contributed by atoms with Gasteiger partial charge >= 0.3 is 0 Å². The van der Waals surface area contributed by atoms with E-state index in [1.54, 1.807) is 19.1 Å². The van der Waals surface area contributed by atoms with Gasteiger partial charge in [-0.05, 0) is 13.8 Å². The number of rotatable bonds is 4. The Morgan fingerprint density at radius 2 is 1.88 bits per heavy atom. The summed E-state index contributed by atoms with van der Waals surface area (Å²) in [5, 5.41) is 11.3. The lowest BCUT2D eigenvalue weighted by Gasteiger charge is -2.13. The number of hydrogen-bond donors (Lipinski definition) is 1. The minimum Gasteiger partial charge on any atom is -0.411 e. The van der Waals surface area contributed by atoms with E-state index >= 15 is 0 Å². The van der Waals surface area contributed by atoms with Crippen molar-refractivity contribution in [1.82, 2.24) is 0 Å². The molecule has 0 radical (unpaired) electrons. The SMILES string of the molecule is CCS(=O)(=O)C(C)/C(=N/O)c1ccc(C)cc1. The van der Waals surface area contributed by atoms with Crippen LogP contribution in [0.2, 0.25) is 0 Å². The van der Waals surface area contributed by atoms with Gasteiger partial charge in [0.2, 0.25) is 0 Å². The Hall–Kier alpha value is -1.36. The molecule has 5 heteroatoms. The fourth-order valence-electron chi connectivity index (χ4n) is 1.52. The van der Waals surface area contributed by atoms with Crippen LogP contribution in [0, 0.1) is 6.92 Å². The zero-order valence-electron chi connectivity index (χ0n) is 10.2. The fourth-order valence-corrected chi connectivity index (χ4v) is 2.54. The normalized spacial score (nSPS) is 14.6. The third kappa shape index (κ3) is 3.06. The maximum absolute atomic E-state index is 11.7. The molecule has 0 aliphatic heterocycles. The van der Waals surface area contributed by atoms with Gasteiger partial charge < -0.3 is 5.21 Å². The lowest BCUT2D eigenvalue weighted by atomic mass is 10.1. The van der Waals surface area contributed by atoms with Crippen molar-refractivity contribution in [3.8, 4) is 0 Å². The van der Waals surface area contributed by atoms with Crippen LogP contribution < -0.4 is 0 Å². The second kappa shape index (κ2) is 5.31. The lowest BCUT2D eigenvalue weighted by molar-refractivity contribution is 0.318. The van der Waals surface area contributed by atoms with Gasteiger partial charge in [-0.3, -0.25) is 0 Å². The Labute approximate surface area is 102 Å². The highest BCUT2D eigenvalue weighted by molar-refractivity contribution is 7.92. The number of aryl methyl sites for hydroxylation is 1. The van der Waals surface area contributed by atoms with Crippen LogP contribution in [0.1, 0.15) is 25.0 Å². The van der Waals surface area contributed by atoms with E-state index in [9.17, 15) is 8.42 Å². The standard InChI is InChI=1S/C12H17NO3S/c1-4-17(15,16)10(3)12(13-14)11-7-5-9(2)6-8-11/h5-8,10,14H,4H2,1-3H3/b13-12-. The van der Waals surface area contributed by atoms with Gasteiger partial charge in [0.05, 0.1) is 0 Å². The molecule has 0 spiro atoms. The second-order valence-electron chi connectivity index (χ2n) is 3.95. The first-order chi connectivity index (χ1) is 7.92. The van der Waals surface area contributed by atoms with Crippen LogP contribution in [0.5, 0.6) is 0 Å². The lowest BCUT2D eigenvalue weighted by Crippen LogP contribution is -2.29. The van der Waals surface area contributed by atoms with Gasteiger partial charge in [0, 0.05) is 11.3 Å². The number of sulfone groups is 1. The molecule has 1 rings (SSSR count). The molecule has 94 valence electrons. The maximum Gasteiger partial charge on any atom is 0.158 e. The molecule has 1 aromatic rings. The molecule has 0 aromatic heterocycles. The van der Waals surface area contributed by atoms with Crippen LogP contribution in [0.4, 0.5) is 0 Å². The topological polar surface area (TPSA) is 66.7 Å². The zero-order valence-corrected chi connectivity index (χ0v) is 11.0. The van der Waals surface area contributed by atoms with E-state index in [2.05, 4.69) is 5.16 Å². The minimum absolute atomic E-state index is 0.0268. The first-order valence-corrected chi connectivity index (χ1v) is 7.14. The summed E-state index contributed by atoms with van der Waals surface area (Å²) in [4.78, 5) is 0. The number of benzene rings is 1. The summed E-state index contributed by atoms with van der Waals surface area (Å²) < 4.78 is 23.5. The Morgan fingerprint density at radius 1 is 1.35 bits per heavy atom. The van der Waals surface area contributed by atoms with Crippen molar-refractivity contribution in [2.75, 3.05) is 5.75 Å². The average Bonchev–Trinajstić information content (AvgIpc) is 2.32. The van der Waals surface area contributed by atoms with Crippen LogP contribution in [-0.2, 0) is 9.84 Å². The van der Waals surface area contributed by atoms with Gasteiger partial charge in [-0.1, -0.05) is 41.9 Å². The van der Waals surface area contributed by atoms with Crippen molar-refractivity contribution in [1.29, 1.82) is 0 Å². The van der Waals surface area contributed by atoms with Gasteiger partial charge in [0.25, 0.3) is 0 Å². The molecule has 0 aliphatic carbocycles. The summed E-state index contributed by atoms with van der Waals surface area (Å²) in [6, 6.07) is 7.22. The van der Waals surface area contributed by atoms with E-state index in [4.69, 9.17) is 5.21 Å². The molecule has 1 N–H and O–H groups in total. The van der Waals surface area contributed by atoms with Crippen LogP contribution in [0.25, 0.3) is 0 Å². The second-order valence-corrected chi connectivity index (χ2v) is 6.56. The van der Waals surface area contributed by atoms with E-state index in [0.29, 0.717) is 5.56 Å². The van der Waals surface area contributed by atoms with Gasteiger partial charge in [-0.2, -0.15) is 0 Å². The van der Waals surface area contributed by atoms with Crippen LogP contribution in [0.15, 0.2) is 29.4 Å². The van der Waals surface area contributed by atoms with Crippen molar-refractivity contribution in [3.05, 3.63) is 35.4 Å². The summed E-state index contributed by atoms with van der Waals surface area (Å²) in [7, 11) is -3.26. The van der Waals surface area contributed by atoms with Gasteiger partial charge in [-0.25, -0.2) is 8.42 Å². The van der Waals surface area contributed by atoms with Crippen molar-refractivity contribution in [3.63, 3.8) is 0 Å². The number of nitrogens with zero attached hydrogens (tertiary/aromatic N) is 1. The Kier molecular flexibility index (Phi) is 4.28. The molecular weight excluding hydrogens is 238 g/mol. The number of oxime groups is 1. The summed E-state index contributed by atoms with van der Waals surface area (Å²) in [5.41, 5.74) is 1.88. The smallest absolute Gasteiger partial charge is 0.158 e. The van der Waals surface area contributed by atoms with Crippen molar-refractivity contribution in [2.24, 2.45) is 5.16 Å². The third-order valence-corrected chi connectivity index (χ3v) is 4.89. The maximum atomic E-state index is 11.7. The van der Waals surface area contributed by atoms with E-state index in [-0.39, 0.29) is 11.5 Å². The molecule has 0 aliphatic rings. The van der Waals surface area contributed by atoms with Crippen LogP contribution in [-0.4, -0.2) is 30.3 Å². The molecule has 0 saturated heterocycles. The summed E-state index contributed by atoms with van der Waals surface area (Å²) in [6.07, 6.45) is 0. The van der Waals surface area contributed by atoms with E-state index in [1.807, 2.05) is 19.1 Å². The van der Waals surface area contributed by atoms with E-state index < -0.39 is 15.1 Å². The minimum atomic E-state index is -3.26. The Balaban J connectivity index is 3.14. The zero-order chi connectivity index (χ0) is 13.1. The average molecular weight is 255 g/mol. The van der Waals surface area contributed by atoms with Gasteiger partial charge in [0.1, 0.15) is 11.0 Å². The predicted octanol–water partition coefficient (Wildman–Crippen LogP) is 2.00. The summed E-state index contributed by atoms with van der Waals surface area (Å²) in [5.74, 6) is 0.0268. The Morgan fingerprint density at radius 3 is 2.29 bits per heavy atom. The quantitative estimate of drug-likeness (QED) is 0.508. The van der Waals surface area contributed by atoms with Gasteiger partial charge in [-0.15, -0.1) is 0 Å². The molecule has 1 unspecified atom stereocenters. The molecular formula is C12H17NO3S. The monoisotopic (exact) mass is 255 g/mol. The molecule has 0 amide bonds. The van der Waals surface area contributed by atoms with Crippen molar-refractivity contribution >= 4 is 15.5 Å². The Bertz CT molecular complexity index is 503. The molecule has 0 saturated carbocycles. The molecule has 0 bridgehead atoms. The first-order valence-electron chi connectivity index (χ1n) is 5.43. The van der Waals surface area contributed by atoms with Crippen LogP contribution >= 0.6 is 0 Å². The van der Waals surface area contributed by atoms with Crippen molar-refractivity contribution < 1.29 is 13.6 Å². The summed E-state index contributed by atoms with van der Waals surface area (Å²) >= 11 is 0. The van der Waals surface area contributed by atoms with Gasteiger partial charge in [0.15, 0.2) is 9.84 Å². The summed E-state index contributed by atoms with van der Waals surface area (Å²) in [6.45, 7) is 5.05. The molecule has 1 aromatic carbocycles. The first kappa shape index (κ1) is 13.7. The highest BCUT2D eigenvalue weighted by Crippen LogP contribution is 2.13. The largest absolute Gasteiger partial charge is 0.411 e. The van der Waals surface area contributed by atoms with Crippen molar-refractivity contribution in [2.45, 2.75) is 26.0 Å². The van der Waals surface area contributed by atoms with E-state index in [0.717, 1.165) is 5.56 Å². The molecule has 0 fully saturated rings. The highest BCUT2D eigenvalue weighted by Gasteiger charge is 2.25. The van der Waals surface area contributed by atoms with Crippen LogP contribution in [0.3, 0.4) is 0 Å². The molecule has 4 nitrogen and oxygen atoms in total. The predicted molar refractivity (Wildman–Crippen MR) is 68.4 cm³/mol. The molecule has 1 atom stereocenters. The number of hydrogen-bond acceptors (Lipinski definition) is 4. The van der Waals surface area contributed by atoms with E-state index in [1.165, 1.54) is 6.92 Å². The third-order valence-electron chi connectivity index (χ3n) is 2.78. The molecule has 0 heterocycles. The highest BCUT2D eigenvalue weighted by atomic mass is 32.2. The fraction of sp³-hybridized carbons (Fsp3) is 0.417. The molecule has 17 heavy (non-hydrogen) atoms.